The van der Waals surface area contributed by atoms with Crippen LogP contribution in [0.15, 0.2) is 70.6 Å². The van der Waals surface area contributed by atoms with E-state index in [9.17, 15) is 8.42 Å². The largest absolute Gasteiger partial charge is 0.275 e. The summed E-state index contributed by atoms with van der Waals surface area (Å²) < 4.78 is 29.7. The van der Waals surface area contributed by atoms with E-state index in [1.54, 1.807) is 59.7 Å². The van der Waals surface area contributed by atoms with Crippen molar-refractivity contribution in [1.29, 1.82) is 0 Å². The minimum atomic E-state index is -3.70. The molecular formula is C17H13BrN4O2S. The van der Waals surface area contributed by atoms with Crippen molar-refractivity contribution in [3.8, 4) is 11.3 Å². The zero-order valence-corrected chi connectivity index (χ0v) is 15.6. The molecule has 0 saturated heterocycles. The Hall–Kier alpha value is -2.45. The molecule has 4 aromatic rings. The Morgan fingerprint density at radius 3 is 2.52 bits per heavy atom. The second kappa shape index (κ2) is 5.82. The molecule has 0 fully saturated rings. The number of fused-ring (bicyclic) bond motifs is 1. The van der Waals surface area contributed by atoms with Crippen molar-refractivity contribution in [2.45, 2.75) is 4.90 Å². The number of rotatable bonds is 3. The molecule has 0 bridgehead atoms. The number of halogens is 1. The Morgan fingerprint density at radius 1 is 1.08 bits per heavy atom. The van der Waals surface area contributed by atoms with Crippen molar-refractivity contribution in [1.82, 2.24) is 18.7 Å². The summed E-state index contributed by atoms with van der Waals surface area (Å²) in [5.74, 6) is 0. The summed E-state index contributed by atoms with van der Waals surface area (Å²) in [4.78, 5) is 4.66. The van der Waals surface area contributed by atoms with Crippen LogP contribution in [0.1, 0.15) is 0 Å². The van der Waals surface area contributed by atoms with Crippen LogP contribution < -0.4 is 0 Å². The minimum Gasteiger partial charge on any atom is -0.275 e. The van der Waals surface area contributed by atoms with Crippen molar-refractivity contribution < 1.29 is 8.42 Å². The van der Waals surface area contributed by atoms with Crippen molar-refractivity contribution in [2.24, 2.45) is 7.05 Å². The predicted molar refractivity (Wildman–Crippen MR) is 98.7 cm³/mol. The molecule has 0 unspecified atom stereocenters. The second-order valence-electron chi connectivity index (χ2n) is 5.58. The molecule has 0 radical (unpaired) electrons. The predicted octanol–water partition coefficient (Wildman–Crippen LogP) is 3.44. The molecule has 0 atom stereocenters. The van der Waals surface area contributed by atoms with Gasteiger partial charge in [0.05, 0.1) is 22.3 Å². The average molecular weight is 417 g/mol. The second-order valence-corrected chi connectivity index (χ2v) is 8.25. The number of hydrogen-bond donors (Lipinski definition) is 0. The van der Waals surface area contributed by atoms with Crippen LogP contribution in [0.4, 0.5) is 0 Å². The molecule has 126 valence electrons. The average Bonchev–Trinajstić information content (AvgIpc) is 3.19. The maximum Gasteiger partial charge on any atom is 0.268 e. The Bertz CT molecular complexity index is 1180. The van der Waals surface area contributed by atoms with E-state index < -0.39 is 10.0 Å². The molecule has 0 aliphatic carbocycles. The van der Waals surface area contributed by atoms with Crippen LogP contribution in [0.3, 0.4) is 0 Å². The summed E-state index contributed by atoms with van der Waals surface area (Å²) in [5, 5.41) is 4.87. The van der Waals surface area contributed by atoms with E-state index in [1.165, 1.54) is 3.97 Å². The first-order valence-corrected chi connectivity index (χ1v) is 9.66. The summed E-state index contributed by atoms with van der Waals surface area (Å²) in [6, 6.07) is 10.1. The van der Waals surface area contributed by atoms with Crippen LogP contribution in [-0.2, 0) is 17.1 Å². The number of nitrogens with zero attached hydrogens (tertiary/aromatic N) is 4. The number of pyridine rings is 1. The smallest absolute Gasteiger partial charge is 0.268 e. The van der Waals surface area contributed by atoms with Gasteiger partial charge in [-0.15, -0.1) is 0 Å². The van der Waals surface area contributed by atoms with Gasteiger partial charge in [0.15, 0.2) is 0 Å². The first kappa shape index (κ1) is 16.0. The lowest BCUT2D eigenvalue weighted by molar-refractivity contribution is 0.589. The van der Waals surface area contributed by atoms with E-state index in [-0.39, 0.29) is 4.90 Å². The molecule has 4 rings (SSSR count). The van der Waals surface area contributed by atoms with Crippen LogP contribution in [0.5, 0.6) is 0 Å². The zero-order chi connectivity index (χ0) is 17.6. The van der Waals surface area contributed by atoms with E-state index >= 15 is 0 Å². The fourth-order valence-corrected chi connectivity index (χ4v) is 4.70. The van der Waals surface area contributed by atoms with Crippen molar-refractivity contribution in [3.63, 3.8) is 0 Å². The summed E-state index contributed by atoms with van der Waals surface area (Å²) in [7, 11) is -1.88. The van der Waals surface area contributed by atoms with E-state index in [1.807, 2.05) is 13.2 Å². The Kier molecular flexibility index (Phi) is 3.73. The molecule has 0 N–H and O–H groups in total. The van der Waals surface area contributed by atoms with E-state index in [2.05, 4.69) is 26.0 Å². The Labute approximate surface area is 152 Å². The standard InChI is InChI=1S/C17H13BrN4O2S/c1-21-10-12(8-20-21)16-7-17-14(9-19-16)15(18)11-22(17)25(23,24)13-5-3-2-4-6-13/h2-11H,1H3. The molecular weight excluding hydrogens is 404 g/mol. The molecule has 1 aromatic carbocycles. The van der Waals surface area contributed by atoms with Gasteiger partial charge in [0.1, 0.15) is 0 Å². The normalized spacial score (nSPS) is 11.9. The highest BCUT2D eigenvalue weighted by Gasteiger charge is 2.21. The molecule has 0 amide bonds. The van der Waals surface area contributed by atoms with Gasteiger partial charge < -0.3 is 0 Å². The van der Waals surface area contributed by atoms with E-state index in [4.69, 9.17) is 0 Å². The van der Waals surface area contributed by atoms with Gasteiger partial charge in [-0.05, 0) is 34.1 Å². The Balaban J connectivity index is 1.96. The van der Waals surface area contributed by atoms with Gasteiger partial charge in [0, 0.05) is 41.1 Å². The molecule has 3 heterocycles. The molecule has 0 saturated carbocycles. The fourth-order valence-electron chi connectivity index (χ4n) is 2.67. The van der Waals surface area contributed by atoms with Crippen LogP contribution in [-0.4, -0.2) is 27.2 Å². The SMILES string of the molecule is Cn1cc(-c2cc3c(cn2)c(Br)cn3S(=O)(=O)c2ccccc2)cn1. The monoisotopic (exact) mass is 416 g/mol. The third kappa shape index (κ3) is 2.67. The highest BCUT2D eigenvalue weighted by atomic mass is 79.9. The first-order valence-electron chi connectivity index (χ1n) is 7.43. The molecule has 3 aromatic heterocycles. The lowest BCUT2D eigenvalue weighted by atomic mass is 10.2. The van der Waals surface area contributed by atoms with Crippen LogP contribution in [0.2, 0.25) is 0 Å². The van der Waals surface area contributed by atoms with Gasteiger partial charge in [0.2, 0.25) is 0 Å². The first-order chi connectivity index (χ1) is 12.0. The minimum absolute atomic E-state index is 0.235. The zero-order valence-electron chi connectivity index (χ0n) is 13.2. The topological polar surface area (TPSA) is 69.8 Å². The molecule has 6 nitrogen and oxygen atoms in total. The van der Waals surface area contributed by atoms with Gasteiger partial charge in [0.25, 0.3) is 10.0 Å². The molecule has 0 aliphatic heterocycles. The molecule has 0 spiro atoms. The molecule has 0 aliphatic rings. The number of aryl methyl sites for hydroxylation is 1. The van der Waals surface area contributed by atoms with Crippen molar-refractivity contribution >= 4 is 36.9 Å². The Morgan fingerprint density at radius 2 is 1.84 bits per heavy atom. The van der Waals surface area contributed by atoms with Gasteiger partial charge in [-0.2, -0.15) is 5.10 Å². The molecule has 8 heteroatoms. The van der Waals surface area contributed by atoms with E-state index in [0.29, 0.717) is 15.7 Å². The van der Waals surface area contributed by atoms with Crippen molar-refractivity contribution in [3.05, 3.63) is 65.7 Å². The highest BCUT2D eigenvalue weighted by molar-refractivity contribution is 9.10. The summed E-state index contributed by atoms with van der Waals surface area (Å²) in [6.45, 7) is 0. The quantitative estimate of drug-likeness (QED) is 0.512. The van der Waals surface area contributed by atoms with Gasteiger partial charge in [-0.25, -0.2) is 12.4 Å². The number of benzene rings is 1. The van der Waals surface area contributed by atoms with Gasteiger partial charge >= 0.3 is 0 Å². The third-order valence-corrected chi connectivity index (χ3v) is 6.23. The summed E-state index contributed by atoms with van der Waals surface area (Å²) in [5.41, 5.74) is 2.05. The third-order valence-electron chi connectivity index (χ3n) is 3.91. The summed E-state index contributed by atoms with van der Waals surface area (Å²) in [6.07, 6.45) is 6.75. The summed E-state index contributed by atoms with van der Waals surface area (Å²) >= 11 is 3.43. The number of hydrogen-bond acceptors (Lipinski definition) is 4. The van der Waals surface area contributed by atoms with Crippen LogP contribution in [0.25, 0.3) is 22.2 Å². The lowest BCUT2D eigenvalue weighted by Crippen LogP contribution is -2.11. The van der Waals surface area contributed by atoms with Crippen molar-refractivity contribution in [2.75, 3.05) is 0 Å². The van der Waals surface area contributed by atoms with E-state index in [0.717, 1.165) is 10.9 Å². The molecule has 25 heavy (non-hydrogen) atoms. The van der Waals surface area contributed by atoms with Crippen LogP contribution >= 0.6 is 15.9 Å². The van der Waals surface area contributed by atoms with Gasteiger partial charge in [-0.3, -0.25) is 9.67 Å². The van der Waals surface area contributed by atoms with Crippen LogP contribution in [0, 0.1) is 0 Å². The fraction of sp³-hybridized carbons (Fsp3) is 0.0588. The van der Waals surface area contributed by atoms with Gasteiger partial charge in [-0.1, -0.05) is 18.2 Å². The number of aromatic nitrogens is 4. The maximum atomic E-state index is 13.0. The lowest BCUT2D eigenvalue weighted by Gasteiger charge is -2.08. The maximum absolute atomic E-state index is 13.0. The highest BCUT2D eigenvalue weighted by Crippen LogP contribution is 2.31.